The zero-order chi connectivity index (χ0) is 23.4. The van der Waals surface area contributed by atoms with Gasteiger partial charge < -0.3 is 9.30 Å². The van der Waals surface area contributed by atoms with Crippen molar-refractivity contribution >= 4 is 65.8 Å². The molecule has 0 unspecified atom stereocenters. The van der Waals surface area contributed by atoms with E-state index < -0.39 is 0 Å². The summed E-state index contributed by atoms with van der Waals surface area (Å²) in [6.07, 6.45) is 3.21. The number of para-hydroxylation sites is 2. The van der Waals surface area contributed by atoms with Crippen molar-refractivity contribution in [1.82, 2.24) is 9.99 Å². The predicted molar refractivity (Wildman–Crippen MR) is 139 cm³/mol. The monoisotopic (exact) mass is 567 g/mol. The summed E-state index contributed by atoms with van der Waals surface area (Å²) in [5, 5.41) is 5.23. The van der Waals surface area contributed by atoms with Gasteiger partial charge in [-0.25, -0.2) is 5.43 Å². The maximum atomic E-state index is 12.8. The van der Waals surface area contributed by atoms with Gasteiger partial charge in [-0.15, -0.1) is 0 Å². The molecule has 33 heavy (non-hydrogen) atoms. The molecular formula is C25H19Br2N3O3. The van der Waals surface area contributed by atoms with Crippen molar-refractivity contribution in [2.45, 2.75) is 6.54 Å². The van der Waals surface area contributed by atoms with Gasteiger partial charge in [0.15, 0.2) is 5.43 Å². The molecule has 1 aromatic heterocycles. The first-order valence-corrected chi connectivity index (χ1v) is 11.6. The first-order chi connectivity index (χ1) is 16.0. The molecule has 0 atom stereocenters. The zero-order valence-electron chi connectivity index (χ0n) is 17.4. The Morgan fingerprint density at radius 1 is 1.03 bits per heavy atom. The van der Waals surface area contributed by atoms with Crippen LogP contribution in [0.1, 0.15) is 5.56 Å². The average molecular weight is 569 g/mol. The van der Waals surface area contributed by atoms with E-state index >= 15 is 0 Å². The molecule has 0 aliphatic carbocycles. The lowest BCUT2D eigenvalue weighted by molar-refractivity contribution is -0.121. The Bertz CT molecular complexity index is 1380. The van der Waals surface area contributed by atoms with Crippen molar-refractivity contribution in [2.24, 2.45) is 5.10 Å². The second-order valence-corrected chi connectivity index (χ2v) is 8.86. The van der Waals surface area contributed by atoms with Crippen LogP contribution in [-0.2, 0) is 11.3 Å². The summed E-state index contributed by atoms with van der Waals surface area (Å²) in [5.74, 6) is 0.349. The molecule has 0 saturated carbocycles. The van der Waals surface area contributed by atoms with Crippen LogP contribution >= 0.6 is 31.9 Å². The van der Waals surface area contributed by atoms with Crippen molar-refractivity contribution in [2.75, 3.05) is 6.61 Å². The quantitative estimate of drug-likeness (QED) is 0.140. The van der Waals surface area contributed by atoms with E-state index in [1.165, 1.54) is 0 Å². The molecule has 0 aliphatic heterocycles. The number of hydrogen-bond acceptors (Lipinski definition) is 4. The summed E-state index contributed by atoms with van der Waals surface area (Å²) in [7, 11) is 0. The van der Waals surface area contributed by atoms with Crippen LogP contribution in [0.2, 0.25) is 0 Å². The van der Waals surface area contributed by atoms with Gasteiger partial charge in [0, 0.05) is 10.8 Å². The third kappa shape index (κ3) is 4.91. The topological polar surface area (TPSA) is 72.7 Å². The zero-order valence-corrected chi connectivity index (χ0v) is 20.6. The van der Waals surface area contributed by atoms with Crippen LogP contribution < -0.4 is 15.6 Å². The minimum Gasteiger partial charge on any atom is -0.487 e. The Hall–Kier alpha value is -3.23. The van der Waals surface area contributed by atoms with E-state index in [2.05, 4.69) is 49.0 Å². The lowest BCUT2D eigenvalue weighted by Crippen LogP contribution is -2.25. The number of amides is 1. The van der Waals surface area contributed by atoms with Crippen LogP contribution in [0.3, 0.4) is 0 Å². The number of ether oxygens (including phenoxy) is 1. The average Bonchev–Trinajstić information content (AvgIpc) is 2.81. The highest BCUT2D eigenvalue weighted by Crippen LogP contribution is 2.34. The second kappa shape index (κ2) is 10.1. The maximum Gasteiger partial charge on any atom is 0.260 e. The lowest BCUT2D eigenvalue weighted by atomic mass is 10.1. The molecule has 166 valence electrons. The molecule has 8 heteroatoms. The Balaban J connectivity index is 1.56. The van der Waals surface area contributed by atoms with Gasteiger partial charge in [0.1, 0.15) is 18.9 Å². The fourth-order valence-corrected chi connectivity index (χ4v) is 4.99. The second-order valence-electron chi connectivity index (χ2n) is 7.16. The molecule has 0 saturated heterocycles. The molecule has 1 heterocycles. The number of carbonyl (C=O) groups excluding carboxylic acids is 1. The molecule has 1 N–H and O–H groups in total. The van der Waals surface area contributed by atoms with Crippen molar-refractivity contribution < 1.29 is 9.53 Å². The van der Waals surface area contributed by atoms with Crippen molar-refractivity contribution in [3.8, 4) is 5.75 Å². The molecule has 0 radical (unpaired) electrons. The largest absolute Gasteiger partial charge is 0.487 e. The van der Waals surface area contributed by atoms with E-state index in [0.29, 0.717) is 34.2 Å². The molecule has 1 amide bonds. The van der Waals surface area contributed by atoms with Crippen LogP contribution in [0.4, 0.5) is 0 Å². The molecule has 4 aromatic rings. The molecule has 0 aliphatic rings. The minimum atomic E-state index is -0.311. The summed E-state index contributed by atoms with van der Waals surface area (Å²) in [4.78, 5) is 25.5. The summed E-state index contributed by atoms with van der Waals surface area (Å²) < 4.78 is 8.93. The fraction of sp³-hybridized carbons (Fsp3) is 0.0800. The van der Waals surface area contributed by atoms with Crippen molar-refractivity contribution in [3.63, 3.8) is 0 Å². The predicted octanol–water partition coefficient (Wildman–Crippen LogP) is 5.39. The summed E-state index contributed by atoms with van der Waals surface area (Å²) in [5.41, 5.74) is 4.68. The maximum absolute atomic E-state index is 12.8. The van der Waals surface area contributed by atoms with E-state index in [9.17, 15) is 9.59 Å². The first-order valence-electron chi connectivity index (χ1n) is 10.0. The smallest absolute Gasteiger partial charge is 0.260 e. The van der Waals surface area contributed by atoms with Crippen LogP contribution in [0.15, 0.2) is 92.2 Å². The highest BCUT2D eigenvalue weighted by molar-refractivity contribution is 9.11. The number of fused-ring (bicyclic) bond motifs is 2. The van der Waals surface area contributed by atoms with Gasteiger partial charge in [-0.1, -0.05) is 36.9 Å². The van der Waals surface area contributed by atoms with Crippen molar-refractivity contribution in [1.29, 1.82) is 0 Å². The Morgan fingerprint density at radius 2 is 1.61 bits per heavy atom. The first kappa shape index (κ1) is 22.9. The van der Waals surface area contributed by atoms with Gasteiger partial charge in [0.25, 0.3) is 5.91 Å². The number of carbonyl (C=O) groups is 1. The van der Waals surface area contributed by atoms with Gasteiger partial charge in [-0.3, -0.25) is 9.59 Å². The van der Waals surface area contributed by atoms with E-state index in [1.54, 1.807) is 24.4 Å². The molecule has 6 nitrogen and oxygen atoms in total. The third-order valence-electron chi connectivity index (χ3n) is 4.95. The number of hydrazone groups is 1. The molecule has 0 bridgehead atoms. The van der Waals surface area contributed by atoms with Crippen LogP contribution in [0, 0.1) is 0 Å². The number of rotatable bonds is 7. The molecule has 4 rings (SSSR count). The number of hydrogen-bond donors (Lipinski definition) is 1. The standard InChI is InChI=1S/C25H19Br2N3O3/c1-2-11-33-25-19(26)12-16(13-20(25)27)14-28-29-23(31)15-30-21-9-5-3-7-17(21)24(32)18-8-4-6-10-22(18)30/h2-10,12-14H,1,11,15H2,(H,29,31)/b28-14-. The van der Waals surface area contributed by atoms with Crippen LogP contribution in [-0.4, -0.2) is 23.3 Å². The highest BCUT2D eigenvalue weighted by Gasteiger charge is 2.13. The number of nitrogens with zero attached hydrogens (tertiary/aromatic N) is 2. The van der Waals surface area contributed by atoms with E-state index in [0.717, 1.165) is 14.5 Å². The Morgan fingerprint density at radius 3 is 2.18 bits per heavy atom. The van der Waals surface area contributed by atoms with Crippen LogP contribution in [0.25, 0.3) is 21.8 Å². The number of aromatic nitrogens is 1. The summed E-state index contributed by atoms with van der Waals surface area (Å²) >= 11 is 6.96. The minimum absolute atomic E-state index is 0.0143. The van der Waals surface area contributed by atoms with Gasteiger partial charge in [-0.2, -0.15) is 5.10 Å². The van der Waals surface area contributed by atoms with E-state index in [4.69, 9.17) is 4.74 Å². The number of nitrogens with one attached hydrogen (secondary N) is 1. The fourth-order valence-electron chi connectivity index (χ4n) is 3.54. The van der Waals surface area contributed by atoms with Gasteiger partial charge in [-0.05, 0) is 73.8 Å². The Kier molecular flexibility index (Phi) is 7.05. The van der Waals surface area contributed by atoms with E-state index in [-0.39, 0.29) is 17.9 Å². The number of benzene rings is 3. The van der Waals surface area contributed by atoms with Gasteiger partial charge >= 0.3 is 0 Å². The van der Waals surface area contributed by atoms with Gasteiger partial charge in [0.05, 0.1) is 26.2 Å². The molecular weight excluding hydrogens is 550 g/mol. The molecule has 0 fully saturated rings. The highest BCUT2D eigenvalue weighted by atomic mass is 79.9. The lowest BCUT2D eigenvalue weighted by Gasteiger charge is -2.14. The van der Waals surface area contributed by atoms with Gasteiger partial charge in [0.2, 0.25) is 0 Å². The third-order valence-corrected chi connectivity index (χ3v) is 6.13. The molecule has 3 aromatic carbocycles. The van der Waals surface area contributed by atoms with Crippen molar-refractivity contribution in [3.05, 3.63) is 98.1 Å². The Labute approximate surface area is 206 Å². The molecule has 0 spiro atoms. The van der Waals surface area contributed by atoms with Crippen LogP contribution in [0.5, 0.6) is 5.75 Å². The summed E-state index contributed by atoms with van der Waals surface area (Å²) in [6, 6.07) is 18.2. The van der Waals surface area contributed by atoms with E-state index in [1.807, 2.05) is 53.1 Å². The normalized spacial score (nSPS) is 11.2. The number of halogens is 2. The summed E-state index contributed by atoms with van der Waals surface area (Å²) in [6.45, 7) is 4.04. The number of pyridine rings is 1. The SMILES string of the molecule is C=CCOc1c(Br)cc(/C=N\NC(=O)Cn2c3ccccc3c(=O)c3ccccc32)cc1Br.